The van der Waals surface area contributed by atoms with Crippen LogP contribution in [-0.4, -0.2) is 36.6 Å². The number of nitrogens with zero attached hydrogens (tertiary/aromatic N) is 1. The number of hydrogen-bond donors (Lipinski definition) is 3. The van der Waals surface area contributed by atoms with Crippen molar-refractivity contribution < 1.29 is 9.90 Å². The molecule has 0 heterocycles. The fraction of sp³-hybridized carbons (Fsp3) is 0.364. The molecule has 1 aromatic rings. The first-order valence-electron chi connectivity index (χ1n) is 4.99. The second-order valence-electron chi connectivity index (χ2n) is 3.74. The number of carbonyl (C=O) groups excluding carboxylic acids is 1. The molecule has 0 saturated heterocycles. The molecule has 0 unspecified atom stereocenters. The Morgan fingerprint density at radius 3 is 2.81 bits per heavy atom. The smallest absolute Gasteiger partial charge is 0.233 e. The van der Waals surface area contributed by atoms with Crippen molar-refractivity contribution in [3.05, 3.63) is 23.8 Å². The lowest BCUT2D eigenvalue weighted by atomic mass is 10.2. The molecule has 1 amide bonds. The average Bonchev–Trinajstić information content (AvgIpc) is 2.23. The maximum absolute atomic E-state index is 11.1. The van der Waals surface area contributed by atoms with E-state index in [2.05, 4.69) is 5.32 Å². The normalized spacial score (nSPS) is 10.4. The molecule has 1 rings (SSSR count). The SMILES string of the molecule is CNC(=O)CN(C)Cc1ccc(O)c(N)c1. The third-order valence-corrected chi connectivity index (χ3v) is 2.24. The Kier molecular flexibility index (Phi) is 4.13. The van der Waals surface area contributed by atoms with Gasteiger partial charge in [0, 0.05) is 13.6 Å². The van der Waals surface area contributed by atoms with Crippen LogP contribution in [0.15, 0.2) is 18.2 Å². The number of likely N-dealkylation sites (N-methyl/N-ethyl adjacent to an activating group) is 2. The fourth-order valence-corrected chi connectivity index (χ4v) is 1.39. The van der Waals surface area contributed by atoms with E-state index in [0.29, 0.717) is 18.8 Å². The molecule has 0 spiro atoms. The van der Waals surface area contributed by atoms with Crippen LogP contribution in [0.3, 0.4) is 0 Å². The Labute approximate surface area is 94.9 Å². The monoisotopic (exact) mass is 223 g/mol. The van der Waals surface area contributed by atoms with Gasteiger partial charge in [0.25, 0.3) is 0 Å². The predicted molar refractivity (Wildman–Crippen MR) is 62.9 cm³/mol. The summed E-state index contributed by atoms with van der Waals surface area (Å²) in [6, 6.07) is 5.04. The fourth-order valence-electron chi connectivity index (χ4n) is 1.39. The Bertz CT molecular complexity index is 379. The summed E-state index contributed by atoms with van der Waals surface area (Å²) in [5.41, 5.74) is 6.89. The van der Waals surface area contributed by atoms with Crippen LogP contribution in [0, 0.1) is 0 Å². The number of anilines is 1. The van der Waals surface area contributed by atoms with Crippen LogP contribution in [0.25, 0.3) is 0 Å². The zero-order chi connectivity index (χ0) is 12.1. The number of nitrogens with one attached hydrogen (secondary N) is 1. The third kappa shape index (κ3) is 3.43. The second-order valence-corrected chi connectivity index (χ2v) is 3.74. The zero-order valence-corrected chi connectivity index (χ0v) is 9.53. The summed E-state index contributed by atoms with van der Waals surface area (Å²) in [6.07, 6.45) is 0. The molecular formula is C11H17N3O2. The lowest BCUT2D eigenvalue weighted by molar-refractivity contribution is -0.121. The van der Waals surface area contributed by atoms with Gasteiger partial charge in [-0.25, -0.2) is 0 Å². The number of amides is 1. The van der Waals surface area contributed by atoms with E-state index in [9.17, 15) is 9.90 Å². The van der Waals surface area contributed by atoms with Gasteiger partial charge in [0.1, 0.15) is 5.75 Å². The van der Waals surface area contributed by atoms with Gasteiger partial charge in [0.15, 0.2) is 0 Å². The molecular weight excluding hydrogens is 206 g/mol. The second kappa shape index (κ2) is 5.37. The maximum atomic E-state index is 11.1. The van der Waals surface area contributed by atoms with E-state index in [1.807, 2.05) is 11.9 Å². The van der Waals surface area contributed by atoms with Crippen molar-refractivity contribution in [3.63, 3.8) is 0 Å². The van der Waals surface area contributed by atoms with Crippen molar-refractivity contribution in [2.24, 2.45) is 0 Å². The van der Waals surface area contributed by atoms with E-state index >= 15 is 0 Å². The Balaban J connectivity index is 2.59. The molecule has 0 aliphatic rings. The summed E-state index contributed by atoms with van der Waals surface area (Å²) < 4.78 is 0. The van der Waals surface area contributed by atoms with Crippen LogP contribution >= 0.6 is 0 Å². The van der Waals surface area contributed by atoms with Gasteiger partial charge >= 0.3 is 0 Å². The minimum Gasteiger partial charge on any atom is -0.506 e. The van der Waals surface area contributed by atoms with Crippen LogP contribution in [0.5, 0.6) is 5.75 Å². The standard InChI is InChI=1S/C11H17N3O2/c1-13-11(16)7-14(2)6-8-3-4-10(15)9(12)5-8/h3-5,15H,6-7,12H2,1-2H3,(H,13,16). The van der Waals surface area contributed by atoms with Gasteiger partial charge in [-0.15, -0.1) is 0 Å². The molecule has 0 aliphatic heterocycles. The Morgan fingerprint density at radius 2 is 2.25 bits per heavy atom. The molecule has 4 N–H and O–H groups in total. The molecule has 0 aliphatic carbocycles. The highest BCUT2D eigenvalue weighted by Crippen LogP contribution is 2.20. The lowest BCUT2D eigenvalue weighted by Gasteiger charge is -2.15. The van der Waals surface area contributed by atoms with Crippen LogP contribution in [0.4, 0.5) is 5.69 Å². The molecule has 0 atom stereocenters. The number of nitrogens with two attached hydrogens (primary N) is 1. The van der Waals surface area contributed by atoms with E-state index in [0.717, 1.165) is 5.56 Å². The highest BCUT2D eigenvalue weighted by molar-refractivity contribution is 5.77. The van der Waals surface area contributed by atoms with Crippen molar-refractivity contribution in [1.29, 1.82) is 0 Å². The van der Waals surface area contributed by atoms with Crippen molar-refractivity contribution in [2.75, 3.05) is 26.4 Å². The molecule has 0 bridgehead atoms. The average molecular weight is 223 g/mol. The van der Waals surface area contributed by atoms with Gasteiger partial charge in [-0.3, -0.25) is 9.69 Å². The largest absolute Gasteiger partial charge is 0.506 e. The van der Waals surface area contributed by atoms with Crippen LogP contribution in [-0.2, 0) is 11.3 Å². The number of phenolic OH excluding ortho intramolecular Hbond substituents is 1. The van der Waals surface area contributed by atoms with Gasteiger partial charge in [0.2, 0.25) is 5.91 Å². The van der Waals surface area contributed by atoms with Gasteiger partial charge in [-0.05, 0) is 24.7 Å². The van der Waals surface area contributed by atoms with Crippen LogP contribution in [0.2, 0.25) is 0 Å². The predicted octanol–water partition coefficient (Wildman–Crippen LogP) is 0.152. The third-order valence-electron chi connectivity index (χ3n) is 2.24. The van der Waals surface area contributed by atoms with Crippen molar-refractivity contribution >= 4 is 11.6 Å². The molecule has 1 aromatic carbocycles. The van der Waals surface area contributed by atoms with E-state index in [1.165, 1.54) is 0 Å². The van der Waals surface area contributed by atoms with Crippen molar-refractivity contribution in [2.45, 2.75) is 6.54 Å². The number of phenols is 1. The quantitative estimate of drug-likeness (QED) is 0.501. The zero-order valence-electron chi connectivity index (χ0n) is 9.53. The number of aromatic hydroxyl groups is 1. The maximum Gasteiger partial charge on any atom is 0.233 e. The number of carbonyl (C=O) groups is 1. The highest BCUT2D eigenvalue weighted by Gasteiger charge is 2.06. The Hall–Kier alpha value is -1.75. The van der Waals surface area contributed by atoms with Gasteiger partial charge in [0.05, 0.1) is 12.2 Å². The summed E-state index contributed by atoms with van der Waals surface area (Å²) in [4.78, 5) is 13.0. The molecule has 0 aromatic heterocycles. The topological polar surface area (TPSA) is 78.6 Å². The van der Waals surface area contributed by atoms with Crippen LogP contribution < -0.4 is 11.1 Å². The van der Waals surface area contributed by atoms with E-state index < -0.39 is 0 Å². The number of rotatable bonds is 4. The number of benzene rings is 1. The lowest BCUT2D eigenvalue weighted by Crippen LogP contribution is -2.32. The molecule has 0 radical (unpaired) electrons. The Morgan fingerprint density at radius 1 is 1.56 bits per heavy atom. The van der Waals surface area contributed by atoms with Gasteiger partial charge in [-0.2, -0.15) is 0 Å². The molecule has 0 fully saturated rings. The van der Waals surface area contributed by atoms with Crippen LogP contribution in [0.1, 0.15) is 5.56 Å². The molecule has 88 valence electrons. The summed E-state index contributed by atoms with van der Waals surface area (Å²) in [5.74, 6) is 0.0481. The molecule has 0 saturated carbocycles. The van der Waals surface area contributed by atoms with Gasteiger partial charge < -0.3 is 16.2 Å². The first-order chi connectivity index (χ1) is 7.52. The van der Waals surface area contributed by atoms with Crippen molar-refractivity contribution in [3.8, 4) is 5.75 Å². The van der Waals surface area contributed by atoms with E-state index in [4.69, 9.17) is 5.73 Å². The summed E-state index contributed by atoms with van der Waals surface area (Å²) in [5, 5.41) is 11.8. The molecule has 5 heteroatoms. The first kappa shape index (κ1) is 12.3. The van der Waals surface area contributed by atoms with E-state index in [1.54, 1.807) is 25.2 Å². The summed E-state index contributed by atoms with van der Waals surface area (Å²) >= 11 is 0. The first-order valence-corrected chi connectivity index (χ1v) is 4.99. The number of hydrogen-bond acceptors (Lipinski definition) is 4. The van der Waals surface area contributed by atoms with E-state index in [-0.39, 0.29) is 11.7 Å². The minimum absolute atomic E-state index is 0.0331. The number of nitrogen functional groups attached to an aromatic ring is 1. The van der Waals surface area contributed by atoms with Crippen molar-refractivity contribution in [1.82, 2.24) is 10.2 Å². The molecule has 16 heavy (non-hydrogen) atoms. The minimum atomic E-state index is -0.0331. The summed E-state index contributed by atoms with van der Waals surface area (Å²) in [7, 11) is 3.45. The van der Waals surface area contributed by atoms with Gasteiger partial charge in [-0.1, -0.05) is 6.07 Å². The molecule has 5 nitrogen and oxygen atoms in total. The highest BCUT2D eigenvalue weighted by atomic mass is 16.3. The summed E-state index contributed by atoms with van der Waals surface area (Å²) in [6.45, 7) is 0.940.